The predicted octanol–water partition coefficient (Wildman–Crippen LogP) is 3.39. The van der Waals surface area contributed by atoms with E-state index in [2.05, 4.69) is 14.6 Å². The lowest BCUT2D eigenvalue weighted by Gasteiger charge is -2.33. The molecule has 1 aliphatic rings. The number of piperazine rings is 1. The highest BCUT2D eigenvalue weighted by atomic mass is 19.1. The summed E-state index contributed by atoms with van der Waals surface area (Å²) in [5.41, 5.74) is 2.17. The SMILES string of the molecule is COC(=O)c1coc(CN2CCN(C(=O)/C=C(/c3ccc(OC)cc3)c3cccc(F)c3)CC2)n1. The minimum absolute atomic E-state index is 0.130. The van der Waals surface area contributed by atoms with Gasteiger partial charge in [-0.05, 0) is 41.0 Å². The van der Waals surface area contributed by atoms with Crippen molar-refractivity contribution in [1.82, 2.24) is 14.8 Å². The fourth-order valence-electron chi connectivity index (χ4n) is 3.87. The molecule has 1 aliphatic heterocycles. The normalized spacial score (nSPS) is 14.6. The summed E-state index contributed by atoms with van der Waals surface area (Å²) < 4.78 is 29.2. The van der Waals surface area contributed by atoms with Crippen molar-refractivity contribution in [2.45, 2.75) is 6.54 Å². The standard InChI is InChI=1S/C26H26FN3O5/c1-33-21-8-6-18(7-9-21)22(19-4-3-5-20(27)14-19)15-25(31)30-12-10-29(11-13-30)16-24-28-23(17-35-24)26(32)34-2/h3-9,14-15,17H,10-13,16H2,1-2H3/b22-15-. The van der Waals surface area contributed by atoms with Crippen LogP contribution < -0.4 is 4.74 Å². The lowest BCUT2D eigenvalue weighted by molar-refractivity contribution is -0.127. The van der Waals surface area contributed by atoms with Crippen LogP contribution in [0.3, 0.4) is 0 Å². The van der Waals surface area contributed by atoms with E-state index in [1.165, 1.54) is 25.5 Å². The highest BCUT2D eigenvalue weighted by Crippen LogP contribution is 2.26. The molecule has 0 aliphatic carbocycles. The molecule has 1 saturated heterocycles. The van der Waals surface area contributed by atoms with Gasteiger partial charge in [-0.3, -0.25) is 9.69 Å². The Kier molecular flexibility index (Phi) is 7.57. The van der Waals surface area contributed by atoms with Crippen molar-refractivity contribution in [1.29, 1.82) is 0 Å². The van der Waals surface area contributed by atoms with E-state index >= 15 is 0 Å². The molecule has 35 heavy (non-hydrogen) atoms. The number of methoxy groups -OCH3 is 2. The molecule has 8 nitrogen and oxygen atoms in total. The zero-order chi connectivity index (χ0) is 24.8. The number of rotatable bonds is 7. The summed E-state index contributed by atoms with van der Waals surface area (Å²) in [6.07, 6.45) is 2.84. The van der Waals surface area contributed by atoms with Crippen LogP contribution in [0.15, 0.2) is 65.3 Å². The molecule has 0 saturated carbocycles. The lowest BCUT2D eigenvalue weighted by atomic mass is 9.97. The van der Waals surface area contributed by atoms with E-state index in [-0.39, 0.29) is 17.4 Å². The van der Waals surface area contributed by atoms with E-state index in [1.54, 1.807) is 42.4 Å². The van der Waals surface area contributed by atoms with E-state index < -0.39 is 5.97 Å². The van der Waals surface area contributed by atoms with Crippen LogP contribution in [0.2, 0.25) is 0 Å². The number of ether oxygens (including phenoxy) is 2. The van der Waals surface area contributed by atoms with E-state index in [1.807, 2.05) is 12.1 Å². The number of oxazole rings is 1. The number of aromatic nitrogens is 1. The number of carbonyl (C=O) groups is 2. The van der Waals surface area contributed by atoms with E-state index in [9.17, 15) is 14.0 Å². The third-order valence-corrected chi connectivity index (χ3v) is 5.79. The van der Waals surface area contributed by atoms with Crippen LogP contribution in [0, 0.1) is 5.82 Å². The second-order valence-corrected chi connectivity index (χ2v) is 8.02. The van der Waals surface area contributed by atoms with Gasteiger partial charge in [-0.15, -0.1) is 0 Å². The molecule has 2 heterocycles. The Morgan fingerprint density at radius 3 is 2.46 bits per heavy atom. The molecule has 0 unspecified atom stereocenters. The van der Waals surface area contributed by atoms with Crippen LogP contribution in [0.1, 0.15) is 27.5 Å². The van der Waals surface area contributed by atoms with Crippen LogP contribution in [0.4, 0.5) is 4.39 Å². The van der Waals surface area contributed by atoms with Crippen molar-refractivity contribution >= 4 is 17.4 Å². The molecule has 1 amide bonds. The third kappa shape index (κ3) is 5.93. The first-order valence-electron chi connectivity index (χ1n) is 11.1. The lowest BCUT2D eigenvalue weighted by Crippen LogP contribution is -2.47. The van der Waals surface area contributed by atoms with Crippen LogP contribution in [-0.2, 0) is 16.1 Å². The number of benzene rings is 2. The first-order valence-corrected chi connectivity index (χ1v) is 11.1. The Bertz CT molecular complexity index is 1210. The van der Waals surface area contributed by atoms with Crippen molar-refractivity contribution < 1.29 is 27.9 Å². The van der Waals surface area contributed by atoms with Gasteiger partial charge in [0.25, 0.3) is 0 Å². The molecule has 0 spiro atoms. The summed E-state index contributed by atoms with van der Waals surface area (Å²) in [5, 5.41) is 0. The predicted molar refractivity (Wildman–Crippen MR) is 126 cm³/mol. The fourth-order valence-corrected chi connectivity index (χ4v) is 3.87. The minimum atomic E-state index is -0.548. The Morgan fingerprint density at radius 2 is 1.80 bits per heavy atom. The quantitative estimate of drug-likeness (QED) is 0.379. The summed E-state index contributed by atoms with van der Waals surface area (Å²) in [4.78, 5) is 32.7. The topological polar surface area (TPSA) is 85.1 Å². The van der Waals surface area contributed by atoms with Crippen LogP contribution in [0.5, 0.6) is 5.75 Å². The van der Waals surface area contributed by atoms with Crippen molar-refractivity contribution in [2.24, 2.45) is 0 Å². The number of amides is 1. The van der Waals surface area contributed by atoms with Crippen LogP contribution in [-0.4, -0.2) is 67.1 Å². The Hall–Kier alpha value is -3.98. The first kappa shape index (κ1) is 24.2. The van der Waals surface area contributed by atoms with Gasteiger partial charge < -0.3 is 18.8 Å². The van der Waals surface area contributed by atoms with Gasteiger partial charge in [0.1, 0.15) is 17.8 Å². The van der Waals surface area contributed by atoms with Gasteiger partial charge in [0.2, 0.25) is 11.8 Å². The van der Waals surface area contributed by atoms with Gasteiger partial charge in [-0.1, -0.05) is 24.3 Å². The Balaban J connectivity index is 1.45. The molecule has 2 aromatic carbocycles. The Morgan fingerprint density at radius 1 is 1.06 bits per heavy atom. The molecule has 0 bridgehead atoms. The number of esters is 1. The monoisotopic (exact) mass is 479 g/mol. The Labute approximate surface area is 202 Å². The van der Waals surface area contributed by atoms with Crippen molar-refractivity contribution in [2.75, 3.05) is 40.4 Å². The zero-order valence-electron chi connectivity index (χ0n) is 19.6. The summed E-state index contributed by atoms with van der Waals surface area (Å²) in [6, 6.07) is 13.5. The van der Waals surface area contributed by atoms with Gasteiger partial charge in [-0.2, -0.15) is 0 Å². The maximum Gasteiger partial charge on any atom is 0.360 e. The van der Waals surface area contributed by atoms with Crippen molar-refractivity contribution in [3.8, 4) is 5.75 Å². The molecule has 0 atom stereocenters. The second kappa shape index (κ2) is 11.0. The number of halogens is 1. The highest BCUT2D eigenvalue weighted by Gasteiger charge is 2.23. The molecule has 182 valence electrons. The maximum atomic E-state index is 14.0. The van der Waals surface area contributed by atoms with Gasteiger partial charge in [0.05, 0.1) is 20.8 Å². The van der Waals surface area contributed by atoms with E-state index in [0.29, 0.717) is 55.5 Å². The summed E-state index contributed by atoms with van der Waals surface area (Å²) in [7, 11) is 2.87. The van der Waals surface area contributed by atoms with Crippen molar-refractivity contribution in [3.05, 3.63) is 89.4 Å². The average Bonchev–Trinajstić information content (AvgIpc) is 3.35. The second-order valence-electron chi connectivity index (χ2n) is 8.02. The summed E-state index contributed by atoms with van der Waals surface area (Å²) >= 11 is 0. The number of carbonyl (C=O) groups excluding carboxylic acids is 2. The first-order chi connectivity index (χ1) is 17.0. The van der Waals surface area contributed by atoms with Gasteiger partial charge in [-0.25, -0.2) is 14.2 Å². The molecular formula is C26H26FN3O5. The molecule has 1 aromatic heterocycles. The smallest absolute Gasteiger partial charge is 0.360 e. The summed E-state index contributed by atoms with van der Waals surface area (Å²) in [5.74, 6) is 0.0411. The molecule has 4 rings (SSSR count). The number of hydrogen-bond donors (Lipinski definition) is 0. The van der Waals surface area contributed by atoms with Crippen molar-refractivity contribution in [3.63, 3.8) is 0 Å². The molecule has 1 fully saturated rings. The zero-order valence-corrected chi connectivity index (χ0v) is 19.6. The van der Waals surface area contributed by atoms with Crippen LogP contribution >= 0.6 is 0 Å². The molecular weight excluding hydrogens is 453 g/mol. The largest absolute Gasteiger partial charge is 0.497 e. The average molecular weight is 480 g/mol. The van der Waals surface area contributed by atoms with E-state index in [0.717, 1.165) is 5.56 Å². The highest BCUT2D eigenvalue weighted by molar-refractivity contribution is 5.99. The van der Waals surface area contributed by atoms with E-state index in [4.69, 9.17) is 9.15 Å². The molecule has 0 N–H and O–H groups in total. The van der Waals surface area contributed by atoms with Gasteiger partial charge in [0.15, 0.2) is 5.69 Å². The van der Waals surface area contributed by atoms with Gasteiger partial charge in [0, 0.05) is 32.3 Å². The molecule has 0 radical (unpaired) electrons. The van der Waals surface area contributed by atoms with Gasteiger partial charge >= 0.3 is 5.97 Å². The number of hydrogen-bond acceptors (Lipinski definition) is 7. The number of nitrogens with zero attached hydrogens (tertiary/aromatic N) is 3. The maximum absolute atomic E-state index is 14.0. The molecule has 3 aromatic rings. The third-order valence-electron chi connectivity index (χ3n) is 5.79. The minimum Gasteiger partial charge on any atom is -0.497 e. The molecule has 9 heteroatoms. The van der Waals surface area contributed by atoms with Crippen LogP contribution in [0.25, 0.3) is 5.57 Å². The summed E-state index contributed by atoms with van der Waals surface area (Å²) in [6.45, 7) is 2.69. The fraction of sp³-hybridized carbons (Fsp3) is 0.269.